The Morgan fingerprint density at radius 1 is 1.26 bits per heavy atom. The van der Waals surface area contributed by atoms with Crippen molar-refractivity contribution in [2.24, 2.45) is 5.14 Å². The van der Waals surface area contributed by atoms with Crippen molar-refractivity contribution in [2.75, 3.05) is 31.1 Å². The van der Waals surface area contributed by atoms with E-state index >= 15 is 0 Å². The molecule has 0 saturated carbocycles. The van der Waals surface area contributed by atoms with Crippen LogP contribution < -0.4 is 15.4 Å². The predicted molar refractivity (Wildman–Crippen MR) is 87.5 cm³/mol. The van der Waals surface area contributed by atoms with Crippen LogP contribution in [0.4, 0.5) is 19.0 Å². The summed E-state index contributed by atoms with van der Waals surface area (Å²) in [6.07, 6.45) is -3.91. The van der Waals surface area contributed by atoms with Crippen molar-refractivity contribution in [2.45, 2.75) is 11.1 Å². The number of hydrogen-bond acceptors (Lipinski definition) is 7. The van der Waals surface area contributed by atoms with Gasteiger partial charge in [0.05, 0.1) is 0 Å². The summed E-state index contributed by atoms with van der Waals surface area (Å²) in [7, 11) is -4.01. The number of halogens is 3. The zero-order valence-electron chi connectivity index (χ0n) is 13.7. The van der Waals surface area contributed by atoms with Crippen LogP contribution in [0.2, 0.25) is 0 Å². The first-order chi connectivity index (χ1) is 12.6. The van der Waals surface area contributed by atoms with Crippen LogP contribution in [0, 0.1) is 11.3 Å². The second kappa shape index (κ2) is 6.80. The zero-order chi connectivity index (χ0) is 19.8. The lowest BCUT2D eigenvalue weighted by molar-refractivity contribution is -0.141. The summed E-state index contributed by atoms with van der Waals surface area (Å²) in [6.45, 7) is 1.78. The molecule has 0 aliphatic carbocycles. The summed E-state index contributed by atoms with van der Waals surface area (Å²) in [4.78, 5) is 5.17. The Morgan fingerprint density at radius 3 is 2.41 bits per heavy atom. The second-order valence-corrected chi connectivity index (χ2v) is 7.26. The number of sulfonamides is 1. The van der Waals surface area contributed by atoms with Gasteiger partial charge in [-0.3, -0.25) is 0 Å². The van der Waals surface area contributed by atoms with Gasteiger partial charge in [-0.1, -0.05) is 0 Å². The molecular formula is C14H14F3N7O2S. The normalized spacial score (nSPS) is 15.6. The fourth-order valence-corrected chi connectivity index (χ4v) is 3.16. The van der Waals surface area contributed by atoms with E-state index in [4.69, 9.17) is 5.14 Å². The number of hydrogen-bond donors (Lipinski definition) is 2. The molecule has 0 bridgehead atoms. The van der Waals surface area contributed by atoms with E-state index in [9.17, 15) is 26.9 Å². The molecule has 13 heteroatoms. The molecule has 144 valence electrons. The lowest BCUT2D eigenvalue weighted by Gasteiger charge is -2.29. The van der Waals surface area contributed by atoms with Crippen LogP contribution in [0.3, 0.4) is 0 Å². The number of nitrogens with zero attached hydrogens (tertiary/aromatic N) is 5. The van der Waals surface area contributed by atoms with Gasteiger partial charge in [-0.25, -0.2) is 18.5 Å². The summed E-state index contributed by atoms with van der Waals surface area (Å²) in [5, 5.41) is 21.0. The van der Waals surface area contributed by atoms with Gasteiger partial charge in [0.25, 0.3) is 0 Å². The largest absolute Gasteiger partial charge is 0.436 e. The highest BCUT2D eigenvalue weighted by Gasteiger charge is 2.41. The molecule has 3 rings (SSSR count). The zero-order valence-corrected chi connectivity index (χ0v) is 14.5. The van der Waals surface area contributed by atoms with Gasteiger partial charge in [0.15, 0.2) is 17.3 Å². The summed E-state index contributed by atoms with van der Waals surface area (Å²) >= 11 is 0. The maximum atomic E-state index is 13.4. The minimum atomic E-state index is -4.83. The number of aromatic nitrogens is 3. The van der Waals surface area contributed by atoms with Gasteiger partial charge in [0.1, 0.15) is 16.5 Å². The predicted octanol–water partition coefficient (Wildman–Crippen LogP) is 0.215. The van der Waals surface area contributed by atoms with Crippen LogP contribution in [0.15, 0.2) is 23.2 Å². The van der Waals surface area contributed by atoms with Crippen molar-refractivity contribution in [1.29, 1.82) is 5.26 Å². The van der Waals surface area contributed by atoms with Crippen molar-refractivity contribution in [3.8, 4) is 11.9 Å². The SMILES string of the molecule is N#Cc1c(C(F)(F)F)nn(-c2ccc(S(N)(=O)=O)cn2)c1N1CCNCC1. The number of nitrogens with two attached hydrogens (primary N) is 1. The number of pyridine rings is 1. The molecule has 0 unspecified atom stereocenters. The number of alkyl halides is 3. The molecule has 27 heavy (non-hydrogen) atoms. The van der Waals surface area contributed by atoms with Crippen LogP contribution in [-0.4, -0.2) is 49.4 Å². The molecule has 0 spiro atoms. The number of rotatable bonds is 3. The molecule has 1 aliphatic rings. The van der Waals surface area contributed by atoms with E-state index in [1.165, 1.54) is 6.07 Å². The molecule has 0 atom stereocenters. The molecule has 1 fully saturated rings. The minimum Gasteiger partial charge on any atom is -0.353 e. The first-order valence-corrected chi connectivity index (χ1v) is 9.23. The number of nitrogens with one attached hydrogen (secondary N) is 1. The van der Waals surface area contributed by atoms with Crippen LogP contribution in [0.1, 0.15) is 11.3 Å². The fourth-order valence-electron chi connectivity index (χ4n) is 2.71. The van der Waals surface area contributed by atoms with Gasteiger partial charge >= 0.3 is 6.18 Å². The molecule has 1 aliphatic heterocycles. The molecule has 0 amide bonds. The molecule has 0 aromatic carbocycles. The van der Waals surface area contributed by atoms with Crippen molar-refractivity contribution >= 4 is 15.8 Å². The van der Waals surface area contributed by atoms with Crippen LogP contribution in [-0.2, 0) is 16.2 Å². The van der Waals surface area contributed by atoms with E-state index < -0.39 is 27.5 Å². The fraction of sp³-hybridized carbons (Fsp3) is 0.357. The third kappa shape index (κ3) is 3.72. The van der Waals surface area contributed by atoms with Gasteiger partial charge in [0.2, 0.25) is 10.0 Å². The highest BCUT2D eigenvalue weighted by atomic mass is 32.2. The van der Waals surface area contributed by atoms with Crippen LogP contribution >= 0.6 is 0 Å². The average molecular weight is 401 g/mol. The number of primary sulfonamides is 1. The lowest BCUT2D eigenvalue weighted by Crippen LogP contribution is -2.44. The second-order valence-electron chi connectivity index (χ2n) is 5.70. The first-order valence-electron chi connectivity index (χ1n) is 7.68. The van der Waals surface area contributed by atoms with E-state index in [-0.39, 0.29) is 16.5 Å². The van der Waals surface area contributed by atoms with E-state index in [1.54, 1.807) is 11.0 Å². The highest BCUT2D eigenvalue weighted by molar-refractivity contribution is 7.89. The molecule has 2 aromatic heterocycles. The average Bonchev–Trinajstić information content (AvgIpc) is 3.02. The molecule has 0 radical (unpaired) electrons. The van der Waals surface area contributed by atoms with Crippen molar-refractivity contribution < 1.29 is 21.6 Å². The third-order valence-electron chi connectivity index (χ3n) is 3.92. The first kappa shape index (κ1) is 19.1. The quantitative estimate of drug-likeness (QED) is 0.752. The summed E-state index contributed by atoms with van der Waals surface area (Å²) in [5.74, 6) is -0.106. The standard InChI is InChI=1S/C14H14F3N7O2S/c15-14(16,17)12-10(7-18)13(23-5-3-20-4-6-23)24(22-12)11-2-1-9(8-21-11)27(19,25)26/h1-2,8,20H,3-6H2,(H2,19,25,26). The number of piperazine rings is 1. The molecule has 3 heterocycles. The summed E-state index contributed by atoms with van der Waals surface area (Å²) in [5.41, 5.74) is -1.93. The minimum absolute atomic E-state index is 0.0396. The maximum absolute atomic E-state index is 13.4. The van der Waals surface area contributed by atoms with Crippen LogP contribution in [0.25, 0.3) is 5.82 Å². The Bertz CT molecular complexity index is 987. The molecular weight excluding hydrogens is 387 g/mol. The molecule has 3 N–H and O–H groups in total. The summed E-state index contributed by atoms with van der Waals surface area (Å²) in [6, 6.07) is 3.88. The number of nitriles is 1. The Hall–Kier alpha value is -2.69. The Labute approximate surface area is 152 Å². The summed E-state index contributed by atoms with van der Waals surface area (Å²) < 4.78 is 63.7. The van der Waals surface area contributed by atoms with Gasteiger partial charge in [-0.05, 0) is 12.1 Å². The molecule has 1 saturated heterocycles. The van der Waals surface area contributed by atoms with Gasteiger partial charge < -0.3 is 10.2 Å². The van der Waals surface area contributed by atoms with Crippen LogP contribution in [0.5, 0.6) is 0 Å². The number of anilines is 1. The Balaban J connectivity index is 2.19. The Kier molecular flexibility index (Phi) is 4.81. The van der Waals surface area contributed by atoms with Gasteiger partial charge in [-0.15, -0.1) is 0 Å². The third-order valence-corrected chi connectivity index (χ3v) is 4.82. The highest BCUT2D eigenvalue weighted by Crippen LogP contribution is 2.36. The van der Waals surface area contributed by atoms with Crippen molar-refractivity contribution in [3.63, 3.8) is 0 Å². The molecule has 9 nitrogen and oxygen atoms in total. The van der Waals surface area contributed by atoms with Crippen molar-refractivity contribution in [1.82, 2.24) is 20.1 Å². The topological polar surface area (TPSA) is 130 Å². The smallest absolute Gasteiger partial charge is 0.353 e. The van der Waals surface area contributed by atoms with Gasteiger partial charge in [0, 0.05) is 32.4 Å². The van der Waals surface area contributed by atoms with E-state index in [0.29, 0.717) is 26.2 Å². The van der Waals surface area contributed by atoms with E-state index in [1.807, 2.05) is 0 Å². The van der Waals surface area contributed by atoms with E-state index in [2.05, 4.69) is 15.4 Å². The van der Waals surface area contributed by atoms with E-state index in [0.717, 1.165) is 16.9 Å². The monoisotopic (exact) mass is 401 g/mol. The van der Waals surface area contributed by atoms with Crippen molar-refractivity contribution in [3.05, 3.63) is 29.6 Å². The maximum Gasteiger partial charge on any atom is 0.436 e. The van der Waals surface area contributed by atoms with Gasteiger partial charge in [-0.2, -0.15) is 28.2 Å². The Morgan fingerprint density at radius 2 is 1.93 bits per heavy atom. The molecule has 2 aromatic rings. The lowest BCUT2D eigenvalue weighted by atomic mass is 10.2.